The first kappa shape index (κ1) is 15.1. The molecule has 1 rings (SSSR count). The zero-order valence-electron chi connectivity index (χ0n) is 9.28. The summed E-state index contributed by atoms with van der Waals surface area (Å²) in [7, 11) is 0. The highest BCUT2D eigenvalue weighted by atomic mass is 79.9. The molecule has 0 heterocycles. The Balaban J connectivity index is 2.62. The van der Waals surface area contributed by atoms with Gasteiger partial charge in [0.2, 0.25) is 0 Å². The Morgan fingerprint density at radius 2 is 2.06 bits per heavy atom. The maximum absolute atomic E-state index is 9.55. The molecule has 0 saturated carbocycles. The highest BCUT2D eigenvalue weighted by molar-refractivity contribution is 9.11. The standard InChI is InChI=1S/C11H11Br2N3OS/c1-2-3-14-11(18)16-15-6-7-4-8(12)10(17)9(13)5-7/h2,4-6,17H,1,3H2,(H2,14,16,18)/b15-6+. The van der Waals surface area contributed by atoms with E-state index in [0.717, 1.165) is 5.56 Å². The summed E-state index contributed by atoms with van der Waals surface area (Å²) in [5.41, 5.74) is 3.48. The Morgan fingerprint density at radius 3 is 2.61 bits per heavy atom. The van der Waals surface area contributed by atoms with Crippen LogP contribution in [0.25, 0.3) is 0 Å². The van der Waals surface area contributed by atoms with Crippen LogP contribution in [-0.4, -0.2) is 23.0 Å². The molecule has 0 bridgehead atoms. The van der Waals surface area contributed by atoms with Gasteiger partial charge in [-0.25, -0.2) is 0 Å². The number of phenolic OH excluding ortho intramolecular Hbond substituents is 1. The van der Waals surface area contributed by atoms with Crippen LogP contribution in [0.4, 0.5) is 0 Å². The van der Waals surface area contributed by atoms with Crippen LogP contribution in [0.15, 0.2) is 38.8 Å². The molecule has 0 spiro atoms. The number of thiocarbonyl (C=S) groups is 1. The summed E-state index contributed by atoms with van der Waals surface area (Å²) in [6, 6.07) is 3.48. The molecular weight excluding hydrogens is 382 g/mol. The van der Waals surface area contributed by atoms with Gasteiger partial charge in [0.25, 0.3) is 0 Å². The maximum atomic E-state index is 9.55. The van der Waals surface area contributed by atoms with Crippen molar-refractivity contribution in [1.82, 2.24) is 10.7 Å². The van der Waals surface area contributed by atoms with E-state index in [9.17, 15) is 5.11 Å². The van der Waals surface area contributed by atoms with Crippen molar-refractivity contribution in [2.45, 2.75) is 0 Å². The van der Waals surface area contributed by atoms with E-state index in [0.29, 0.717) is 20.6 Å². The van der Waals surface area contributed by atoms with Crippen molar-refractivity contribution in [3.05, 3.63) is 39.3 Å². The maximum Gasteiger partial charge on any atom is 0.187 e. The van der Waals surface area contributed by atoms with Gasteiger partial charge in [0.1, 0.15) is 5.75 Å². The average Bonchev–Trinajstić information content (AvgIpc) is 2.33. The topological polar surface area (TPSA) is 56.7 Å². The molecular formula is C11H11Br2N3OS. The van der Waals surface area contributed by atoms with Gasteiger partial charge < -0.3 is 10.4 Å². The molecule has 4 nitrogen and oxygen atoms in total. The van der Waals surface area contributed by atoms with E-state index in [1.807, 2.05) is 0 Å². The summed E-state index contributed by atoms with van der Waals surface area (Å²) in [6.07, 6.45) is 3.29. The second-order valence-electron chi connectivity index (χ2n) is 3.20. The van der Waals surface area contributed by atoms with Gasteiger partial charge in [-0.3, -0.25) is 5.43 Å². The van der Waals surface area contributed by atoms with Crippen molar-refractivity contribution in [3.8, 4) is 5.75 Å². The number of nitrogens with zero attached hydrogens (tertiary/aromatic N) is 1. The zero-order chi connectivity index (χ0) is 13.5. The molecule has 0 aliphatic rings. The van der Waals surface area contributed by atoms with Gasteiger partial charge >= 0.3 is 0 Å². The van der Waals surface area contributed by atoms with E-state index in [2.05, 4.69) is 54.3 Å². The van der Waals surface area contributed by atoms with Gasteiger partial charge in [0.05, 0.1) is 15.2 Å². The summed E-state index contributed by atoms with van der Waals surface area (Å²) in [6.45, 7) is 4.15. The largest absolute Gasteiger partial charge is 0.506 e. The Kier molecular flexibility index (Phi) is 6.31. The van der Waals surface area contributed by atoms with Crippen LogP contribution in [0, 0.1) is 0 Å². The molecule has 96 valence electrons. The number of aromatic hydroxyl groups is 1. The molecule has 0 radical (unpaired) electrons. The predicted octanol–water partition coefficient (Wildman–Crippen LogP) is 2.90. The van der Waals surface area contributed by atoms with Crippen molar-refractivity contribution in [2.75, 3.05) is 6.54 Å². The first-order chi connectivity index (χ1) is 8.54. The van der Waals surface area contributed by atoms with Gasteiger partial charge in [-0.15, -0.1) is 6.58 Å². The minimum atomic E-state index is 0.156. The van der Waals surface area contributed by atoms with E-state index >= 15 is 0 Å². The van der Waals surface area contributed by atoms with Crippen LogP contribution in [0.2, 0.25) is 0 Å². The van der Waals surface area contributed by atoms with Crippen LogP contribution >= 0.6 is 44.1 Å². The van der Waals surface area contributed by atoms with Crippen molar-refractivity contribution in [2.24, 2.45) is 5.10 Å². The van der Waals surface area contributed by atoms with Gasteiger partial charge in [0.15, 0.2) is 5.11 Å². The third-order valence-corrected chi connectivity index (χ3v) is 3.27. The van der Waals surface area contributed by atoms with E-state index in [1.165, 1.54) is 0 Å². The first-order valence-electron chi connectivity index (χ1n) is 4.90. The Labute approximate surface area is 127 Å². The van der Waals surface area contributed by atoms with Crippen molar-refractivity contribution >= 4 is 55.4 Å². The van der Waals surface area contributed by atoms with Crippen LogP contribution in [0.5, 0.6) is 5.75 Å². The average molecular weight is 393 g/mol. The lowest BCUT2D eigenvalue weighted by Crippen LogP contribution is -2.31. The number of halogens is 2. The molecule has 3 N–H and O–H groups in total. The number of benzene rings is 1. The molecule has 7 heteroatoms. The van der Waals surface area contributed by atoms with Crippen molar-refractivity contribution in [3.63, 3.8) is 0 Å². The van der Waals surface area contributed by atoms with Crippen molar-refractivity contribution in [1.29, 1.82) is 0 Å². The lowest BCUT2D eigenvalue weighted by atomic mass is 10.2. The summed E-state index contributed by atoms with van der Waals surface area (Å²) in [4.78, 5) is 0. The van der Waals surface area contributed by atoms with E-state index < -0.39 is 0 Å². The Bertz CT molecular complexity index is 468. The Morgan fingerprint density at radius 1 is 1.44 bits per heavy atom. The number of nitrogens with one attached hydrogen (secondary N) is 2. The fourth-order valence-electron chi connectivity index (χ4n) is 1.03. The van der Waals surface area contributed by atoms with Gasteiger partial charge in [-0.05, 0) is 61.8 Å². The molecule has 0 aliphatic carbocycles. The van der Waals surface area contributed by atoms with E-state index in [4.69, 9.17) is 12.2 Å². The summed E-state index contributed by atoms with van der Waals surface area (Å²) in [5, 5.41) is 16.8. The molecule has 1 aromatic carbocycles. The zero-order valence-corrected chi connectivity index (χ0v) is 13.3. The quantitative estimate of drug-likeness (QED) is 0.319. The molecule has 0 unspecified atom stereocenters. The molecule has 1 aromatic rings. The SMILES string of the molecule is C=CCNC(=S)N/N=C/c1cc(Br)c(O)c(Br)c1. The van der Waals surface area contributed by atoms with Gasteiger partial charge in [-0.2, -0.15) is 5.10 Å². The minimum absolute atomic E-state index is 0.156. The highest BCUT2D eigenvalue weighted by Crippen LogP contribution is 2.32. The van der Waals surface area contributed by atoms with Crippen LogP contribution < -0.4 is 10.7 Å². The predicted molar refractivity (Wildman–Crippen MR) is 85.0 cm³/mol. The molecule has 0 fully saturated rings. The fourth-order valence-corrected chi connectivity index (χ4v) is 2.39. The number of rotatable bonds is 4. The molecule has 0 saturated heterocycles. The third-order valence-electron chi connectivity index (χ3n) is 1.83. The number of hydrogen-bond donors (Lipinski definition) is 3. The number of phenols is 1. The smallest absolute Gasteiger partial charge is 0.187 e. The summed E-state index contributed by atoms with van der Waals surface area (Å²) < 4.78 is 1.18. The number of hydrogen-bond acceptors (Lipinski definition) is 3. The second-order valence-corrected chi connectivity index (χ2v) is 5.32. The lowest BCUT2D eigenvalue weighted by molar-refractivity contribution is 0.468. The highest BCUT2D eigenvalue weighted by Gasteiger charge is 2.04. The van der Waals surface area contributed by atoms with Gasteiger partial charge in [0, 0.05) is 6.54 Å². The van der Waals surface area contributed by atoms with Crippen LogP contribution in [0.1, 0.15) is 5.56 Å². The normalized spacial score (nSPS) is 10.3. The van der Waals surface area contributed by atoms with Crippen molar-refractivity contribution < 1.29 is 5.11 Å². The molecule has 0 amide bonds. The second kappa shape index (κ2) is 7.50. The van der Waals surface area contributed by atoms with Gasteiger partial charge in [-0.1, -0.05) is 6.08 Å². The van der Waals surface area contributed by atoms with E-state index in [-0.39, 0.29) is 5.75 Å². The fraction of sp³-hybridized carbons (Fsp3) is 0.0909. The minimum Gasteiger partial charge on any atom is -0.506 e. The number of hydrazone groups is 1. The lowest BCUT2D eigenvalue weighted by Gasteiger charge is -2.04. The van der Waals surface area contributed by atoms with Crippen LogP contribution in [0.3, 0.4) is 0 Å². The molecule has 0 aliphatic heterocycles. The Hall–Kier alpha value is -0.920. The monoisotopic (exact) mass is 391 g/mol. The third kappa shape index (κ3) is 4.75. The van der Waals surface area contributed by atoms with Crippen LogP contribution in [-0.2, 0) is 0 Å². The summed E-state index contributed by atoms with van der Waals surface area (Å²) in [5.74, 6) is 0.156. The summed E-state index contributed by atoms with van der Waals surface area (Å²) >= 11 is 11.4. The molecule has 18 heavy (non-hydrogen) atoms. The van der Waals surface area contributed by atoms with E-state index in [1.54, 1.807) is 24.4 Å². The molecule has 0 aromatic heterocycles. The first-order valence-corrected chi connectivity index (χ1v) is 6.90. The molecule has 0 atom stereocenters.